The van der Waals surface area contributed by atoms with Gasteiger partial charge in [-0.15, -0.1) is 0 Å². The Labute approximate surface area is 150 Å². The van der Waals surface area contributed by atoms with Crippen LogP contribution in [0.5, 0.6) is 5.75 Å². The zero-order chi connectivity index (χ0) is 18.7. The minimum atomic E-state index is -0.779. The standard InChI is InChI=1S/C19H19N3O4/c1-12(13-6-4-3-5-7-13)20-18(24)19(25)21-14-8-9-16-15(10-14)22(2)17(23)11-26-16/h3-10,12H,11H2,1-2H3,(H,20,24)(H,21,25)/t12-/m1/s1. The lowest BCUT2D eigenvalue weighted by molar-refractivity contribution is -0.136. The molecule has 3 amide bonds. The van der Waals surface area contributed by atoms with Gasteiger partial charge in [-0.2, -0.15) is 0 Å². The summed E-state index contributed by atoms with van der Waals surface area (Å²) in [5.74, 6) is -1.15. The lowest BCUT2D eigenvalue weighted by Crippen LogP contribution is -2.37. The van der Waals surface area contributed by atoms with Crippen molar-refractivity contribution in [2.75, 3.05) is 23.9 Å². The number of hydrogen-bond acceptors (Lipinski definition) is 4. The molecule has 7 nitrogen and oxygen atoms in total. The van der Waals surface area contributed by atoms with Crippen LogP contribution in [0.15, 0.2) is 48.5 Å². The van der Waals surface area contributed by atoms with Crippen LogP contribution in [0.25, 0.3) is 0 Å². The van der Waals surface area contributed by atoms with E-state index < -0.39 is 11.8 Å². The molecule has 26 heavy (non-hydrogen) atoms. The van der Waals surface area contributed by atoms with Gasteiger partial charge in [0.15, 0.2) is 6.61 Å². The molecule has 0 spiro atoms. The van der Waals surface area contributed by atoms with Crippen LogP contribution in [0.1, 0.15) is 18.5 Å². The molecule has 0 fully saturated rings. The molecular formula is C19H19N3O4. The maximum absolute atomic E-state index is 12.2. The number of anilines is 2. The molecule has 2 aromatic carbocycles. The molecule has 0 unspecified atom stereocenters. The number of ether oxygens (including phenoxy) is 1. The molecule has 1 heterocycles. The molecule has 7 heteroatoms. The van der Waals surface area contributed by atoms with Crippen molar-refractivity contribution in [1.29, 1.82) is 0 Å². The van der Waals surface area contributed by atoms with E-state index in [1.54, 1.807) is 32.2 Å². The molecule has 0 aliphatic carbocycles. The summed E-state index contributed by atoms with van der Waals surface area (Å²) in [5.41, 5.74) is 1.85. The van der Waals surface area contributed by atoms with Crippen molar-refractivity contribution in [1.82, 2.24) is 5.32 Å². The maximum atomic E-state index is 12.2. The van der Waals surface area contributed by atoms with Crippen molar-refractivity contribution in [2.45, 2.75) is 13.0 Å². The minimum Gasteiger partial charge on any atom is -0.482 e. The van der Waals surface area contributed by atoms with Crippen LogP contribution >= 0.6 is 0 Å². The Bertz CT molecular complexity index is 851. The van der Waals surface area contributed by atoms with Gasteiger partial charge in [-0.3, -0.25) is 14.4 Å². The van der Waals surface area contributed by atoms with Crippen molar-refractivity contribution < 1.29 is 19.1 Å². The number of likely N-dealkylation sites (N-methyl/N-ethyl adjacent to an activating group) is 1. The summed E-state index contributed by atoms with van der Waals surface area (Å²) in [4.78, 5) is 37.4. The molecule has 0 aromatic heterocycles. The zero-order valence-corrected chi connectivity index (χ0v) is 14.5. The smallest absolute Gasteiger partial charge is 0.313 e. The van der Waals surface area contributed by atoms with E-state index >= 15 is 0 Å². The van der Waals surface area contributed by atoms with Crippen LogP contribution in [0.2, 0.25) is 0 Å². The molecular weight excluding hydrogens is 334 g/mol. The van der Waals surface area contributed by atoms with Crippen molar-refractivity contribution >= 4 is 29.1 Å². The van der Waals surface area contributed by atoms with Crippen LogP contribution in [0.4, 0.5) is 11.4 Å². The number of hydrogen-bond donors (Lipinski definition) is 2. The van der Waals surface area contributed by atoms with Crippen LogP contribution in [-0.4, -0.2) is 31.4 Å². The number of amides is 3. The van der Waals surface area contributed by atoms with Gasteiger partial charge in [0.05, 0.1) is 11.7 Å². The molecule has 2 aromatic rings. The monoisotopic (exact) mass is 353 g/mol. The molecule has 0 radical (unpaired) electrons. The first-order chi connectivity index (χ1) is 12.5. The lowest BCUT2D eigenvalue weighted by Gasteiger charge is -2.26. The second kappa shape index (κ2) is 7.26. The second-order valence-corrected chi connectivity index (χ2v) is 5.98. The molecule has 2 N–H and O–H groups in total. The first-order valence-corrected chi connectivity index (χ1v) is 8.16. The van der Waals surface area contributed by atoms with Crippen LogP contribution in [0, 0.1) is 0 Å². The fourth-order valence-electron chi connectivity index (χ4n) is 2.63. The summed E-state index contributed by atoms with van der Waals surface area (Å²) < 4.78 is 5.33. The average Bonchev–Trinajstić information content (AvgIpc) is 2.65. The van der Waals surface area contributed by atoms with Crippen LogP contribution in [-0.2, 0) is 14.4 Å². The quantitative estimate of drug-likeness (QED) is 0.825. The number of rotatable bonds is 3. The van der Waals surface area contributed by atoms with E-state index in [-0.39, 0.29) is 18.6 Å². The molecule has 134 valence electrons. The summed E-state index contributed by atoms with van der Waals surface area (Å²) in [6.07, 6.45) is 0. The Balaban J connectivity index is 1.66. The van der Waals surface area contributed by atoms with Gasteiger partial charge < -0.3 is 20.3 Å². The molecule has 0 saturated carbocycles. The van der Waals surface area contributed by atoms with Crippen molar-refractivity contribution in [2.24, 2.45) is 0 Å². The number of carbonyl (C=O) groups is 3. The summed E-state index contributed by atoms with van der Waals surface area (Å²) in [6, 6.07) is 13.9. The minimum absolute atomic E-state index is 0.0189. The topological polar surface area (TPSA) is 87.7 Å². The normalized spacial score (nSPS) is 14.1. The van der Waals surface area contributed by atoms with Gasteiger partial charge >= 0.3 is 11.8 Å². The zero-order valence-electron chi connectivity index (χ0n) is 14.5. The van der Waals surface area contributed by atoms with Crippen molar-refractivity contribution in [3.8, 4) is 5.75 Å². The molecule has 1 atom stereocenters. The lowest BCUT2D eigenvalue weighted by atomic mass is 10.1. The largest absolute Gasteiger partial charge is 0.482 e. The molecule has 0 saturated heterocycles. The van der Waals surface area contributed by atoms with Crippen LogP contribution in [0.3, 0.4) is 0 Å². The van der Waals surface area contributed by atoms with E-state index in [0.717, 1.165) is 5.56 Å². The van der Waals surface area contributed by atoms with E-state index in [9.17, 15) is 14.4 Å². The summed E-state index contributed by atoms with van der Waals surface area (Å²) >= 11 is 0. The third kappa shape index (κ3) is 3.66. The molecule has 1 aliphatic heterocycles. The van der Waals surface area contributed by atoms with E-state index in [1.807, 2.05) is 30.3 Å². The highest BCUT2D eigenvalue weighted by Gasteiger charge is 2.23. The van der Waals surface area contributed by atoms with Gasteiger partial charge in [0.25, 0.3) is 5.91 Å². The number of nitrogens with zero attached hydrogens (tertiary/aromatic N) is 1. The van der Waals surface area contributed by atoms with Gasteiger partial charge in [0.1, 0.15) is 5.75 Å². The number of fused-ring (bicyclic) bond motifs is 1. The summed E-state index contributed by atoms with van der Waals surface area (Å²) in [7, 11) is 1.63. The van der Waals surface area contributed by atoms with Gasteiger partial charge in [0.2, 0.25) is 0 Å². The second-order valence-electron chi connectivity index (χ2n) is 5.98. The van der Waals surface area contributed by atoms with Crippen molar-refractivity contribution in [3.05, 3.63) is 54.1 Å². The Morgan fingerprint density at radius 1 is 1.12 bits per heavy atom. The first-order valence-electron chi connectivity index (χ1n) is 8.16. The van der Waals surface area contributed by atoms with Gasteiger partial charge in [-0.1, -0.05) is 30.3 Å². The Kier molecular flexibility index (Phi) is 4.88. The predicted octanol–water partition coefficient (Wildman–Crippen LogP) is 1.86. The third-order valence-electron chi connectivity index (χ3n) is 4.16. The van der Waals surface area contributed by atoms with Gasteiger partial charge in [0, 0.05) is 12.7 Å². The van der Waals surface area contributed by atoms with Gasteiger partial charge in [-0.05, 0) is 30.7 Å². The Morgan fingerprint density at radius 3 is 2.58 bits per heavy atom. The fourth-order valence-corrected chi connectivity index (χ4v) is 2.63. The van der Waals surface area contributed by atoms with Gasteiger partial charge in [-0.25, -0.2) is 0 Å². The highest BCUT2D eigenvalue weighted by Crippen LogP contribution is 2.33. The summed E-state index contributed by atoms with van der Waals surface area (Å²) in [6.45, 7) is 1.78. The van der Waals surface area contributed by atoms with Crippen LogP contribution < -0.4 is 20.3 Å². The van der Waals surface area contributed by atoms with Crippen molar-refractivity contribution in [3.63, 3.8) is 0 Å². The highest BCUT2D eigenvalue weighted by molar-refractivity contribution is 6.39. The SMILES string of the molecule is C[C@@H](NC(=O)C(=O)Nc1ccc2c(c1)N(C)C(=O)CO2)c1ccccc1. The predicted molar refractivity (Wildman–Crippen MR) is 97.0 cm³/mol. The molecule has 0 bridgehead atoms. The molecule has 3 rings (SSSR count). The maximum Gasteiger partial charge on any atom is 0.313 e. The molecule has 1 aliphatic rings. The number of benzene rings is 2. The van der Waals surface area contributed by atoms with E-state index in [1.165, 1.54) is 4.90 Å². The number of carbonyl (C=O) groups excluding carboxylic acids is 3. The fraction of sp³-hybridized carbons (Fsp3) is 0.211. The Morgan fingerprint density at radius 2 is 1.85 bits per heavy atom. The highest BCUT2D eigenvalue weighted by atomic mass is 16.5. The van der Waals surface area contributed by atoms with E-state index in [4.69, 9.17) is 4.74 Å². The first kappa shape index (κ1) is 17.5. The third-order valence-corrected chi connectivity index (χ3v) is 4.16. The Hall–Kier alpha value is -3.35. The number of nitrogens with one attached hydrogen (secondary N) is 2. The average molecular weight is 353 g/mol. The van der Waals surface area contributed by atoms with E-state index in [0.29, 0.717) is 17.1 Å². The van der Waals surface area contributed by atoms with E-state index in [2.05, 4.69) is 10.6 Å². The summed E-state index contributed by atoms with van der Waals surface area (Å²) in [5, 5.41) is 5.19.